The second-order valence-electron chi connectivity index (χ2n) is 4.43. The SMILES string of the molecule is Cc1cn2c3ccccc3n(CC(C)Br)c2n1. The summed E-state index contributed by atoms with van der Waals surface area (Å²) in [6, 6.07) is 8.43. The van der Waals surface area contributed by atoms with Crippen molar-refractivity contribution in [2.24, 2.45) is 0 Å². The molecular weight excluding hydrogens is 278 g/mol. The molecule has 0 radical (unpaired) electrons. The van der Waals surface area contributed by atoms with Crippen LogP contribution in [-0.2, 0) is 6.54 Å². The standard InChI is InChI=1S/C13H14BrN3/c1-9(14)7-16-11-5-3-4-6-12(11)17-8-10(2)15-13(16)17/h3-6,8-9H,7H2,1-2H3. The van der Waals surface area contributed by atoms with Crippen molar-refractivity contribution in [2.75, 3.05) is 0 Å². The van der Waals surface area contributed by atoms with Gasteiger partial charge in [0.15, 0.2) is 0 Å². The Morgan fingerprint density at radius 1 is 1.29 bits per heavy atom. The van der Waals surface area contributed by atoms with Gasteiger partial charge in [0.05, 0.1) is 16.7 Å². The Labute approximate surface area is 108 Å². The van der Waals surface area contributed by atoms with E-state index < -0.39 is 0 Å². The highest BCUT2D eigenvalue weighted by Crippen LogP contribution is 2.22. The fraction of sp³-hybridized carbons (Fsp3) is 0.308. The largest absolute Gasteiger partial charge is 0.308 e. The molecule has 0 aliphatic heterocycles. The van der Waals surface area contributed by atoms with E-state index >= 15 is 0 Å². The van der Waals surface area contributed by atoms with E-state index in [1.54, 1.807) is 0 Å². The van der Waals surface area contributed by atoms with Gasteiger partial charge < -0.3 is 4.57 Å². The normalized spacial score (nSPS) is 13.6. The number of benzene rings is 1. The summed E-state index contributed by atoms with van der Waals surface area (Å²) in [5.74, 6) is 1.02. The van der Waals surface area contributed by atoms with Crippen molar-refractivity contribution >= 4 is 32.7 Å². The number of rotatable bonds is 2. The molecule has 0 fully saturated rings. The molecule has 2 aromatic heterocycles. The zero-order valence-corrected chi connectivity index (χ0v) is 11.5. The van der Waals surface area contributed by atoms with E-state index in [4.69, 9.17) is 0 Å². The van der Waals surface area contributed by atoms with Crippen molar-refractivity contribution in [1.29, 1.82) is 0 Å². The third-order valence-corrected chi connectivity index (χ3v) is 3.20. The lowest BCUT2D eigenvalue weighted by Gasteiger charge is -2.06. The van der Waals surface area contributed by atoms with Crippen LogP contribution in [0.3, 0.4) is 0 Å². The Kier molecular flexibility index (Phi) is 2.47. The van der Waals surface area contributed by atoms with Gasteiger partial charge in [-0.3, -0.25) is 4.40 Å². The zero-order valence-electron chi connectivity index (χ0n) is 9.89. The average molecular weight is 292 g/mol. The maximum absolute atomic E-state index is 4.61. The molecule has 0 amide bonds. The number of hydrogen-bond acceptors (Lipinski definition) is 1. The smallest absolute Gasteiger partial charge is 0.215 e. The van der Waals surface area contributed by atoms with Crippen LogP contribution in [0.5, 0.6) is 0 Å². The van der Waals surface area contributed by atoms with Crippen LogP contribution in [0.1, 0.15) is 12.6 Å². The minimum absolute atomic E-state index is 0.430. The van der Waals surface area contributed by atoms with E-state index in [0.717, 1.165) is 18.0 Å². The van der Waals surface area contributed by atoms with Crippen LogP contribution < -0.4 is 0 Å². The van der Waals surface area contributed by atoms with Gasteiger partial charge in [-0.2, -0.15) is 0 Å². The third kappa shape index (κ3) is 1.67. The first-order chi connectivity index (χ1) is 8.16. The fourth-order valence-electron chi connectivity index (χ4n) is 2.29. The lowest BCUT2D eigenvalue weighted by Crippen LogP contribution is -2.06. The summed E-state index contributed by atoms with van der Waals surface area (Å²) >= 11 is 3.62. The van der Waals surface area contributed by atoms with E-state index in [2.05, 4.69) is 67.3 Å². The fourth-order valence-corrected chi connectivity index (χ4v) is 2.58. The second kappa shape index (κ2) is 3.88. The Bertz CT molecular complexity index is 678. The first-order valence-corrected chi connectivity index (χ1v) is 6.65. The summed E-state index contributed by atoms with van der Waals surface area (Å²) in [6.45, 7) is 5.11. The summed E-state index contributed by atoms with van der Waals surface area (Å²) in [4.78, 5) is 5.04. The van der Waals surface area contributed by atoms with E-state index in [0.29, 0.717) is 4.83 Å². The van der Waals surface area contributed by atoms with E-state index in [1.807, 2.05) is 6.92 Å². The molecule has 0 saturated carbocycles. The number of aromatic nitrogens is 3. The average Bonchev–Trinajstić information content (AvgIpc) is 2.78. The van der Waals surface area contributed by atoms with Crippen LogP contribution in [0.15, 0.2) is 30.5 Å². The molecule has 3 rings (SSSR count). The highest BCUT2D eigenvalue weighted by Gasteiger charge is 2.13. The summed E-state index contributed by atoms with van der Waals surface area (Å²) in [6.07, 6.45) is 2.09. The number of para-hydroxylation sites is 2. The number of hydrogen-bond donors (Lipinski definition) is 0. The molecule has 0 aliphatic rings. The quantitative estimate of drug-likeness (QED) is 0.664. The van der Waals surface area contributed by atoms with Crippen molar-refractivity contribution in [2.45, 2.75) is 25.2 Å². The summed E-state index contributed by atoms with van der Waals surface area (Å²) in [7, 11) is 0. The van der Waals surface area contributed by atoms with Gasteiger partial charge in [0.25, 0.3) is 0 Å². The Morgan fingerprint density at radius 2 is 2.00 bits per heavy atom. The topological polar surface area (TPSA) is 22.2 Å². The molecular formula is C13H14BrN3. The third-order valence-electron chi connectivity index (χ3n) is 2.92. The van der Waals surface area contributed by atoms with Gasteiger partial charge in [0, 0.05) is 17.6 Å². The monoisotopic (exact) mass is 291 g/mol. The predicted molar refractivity (Wildman–Crippen MR) is 73.8 cm³/mol. The van der Waals surface area contributed by atoms with E-state index in [-0.39, 0.29) is 0 Å². The summed E-state index contributed by atoms with van der Waals surface area (Å²) < 4.78 is 4.43. The molecule has 0 saturated heterocycles. The predicted octanol–water partition coefficient (Wildman–Crippen LogP) is 3.38. The number of nitrogens with zero attached hydrogens (tertiary/aromatic N) is 3. The molecule has 17 heavy (non-hydrogen) atoms. The Balaban J connectivity index is 2.39. The highest BCUT2D eigenvalue weighted by atomic mass is 79.9. The van der Waals surface area contributed by atoms with Crippen molar-refractivity contribution in [3.63, 3.8) is 0 Å². The molecule has 3 aromatic rings. The number of imidazole rings is 2. The minimum atomic E-state index is 0.430. The van der Waals surface area contributed by atoms with Crippen LogP contribution in [0.2, 0.25) is 0 Å². The molecule has 1 atom stereocenters. The highest BCUT2D eigenvalue weighted by molar-refractivity contribution is 9.09. The number of alkyl halides is 1. The minimum Gasteiger partial charge on any atom is -0.308 e. The van der Waals surface area contributed by atoms with Gasteiger partial charge in [-0.15, -0.1) is 0 Å². The van der Waals surface area contributed by atoms with Crippen molar-refractivity contribution in [1.82, 2.24) is 14.0 Å². The first kappa shape index (κ1) is 10.8. The van der Waals surface area contributed by atoms with Gasteiger partial charge in [0.1, 0.15) is 0 Å². The summed E-state index contributed by atoms with van der Waals surface area (Å²) in [5, 5.41) is 0. The van der Waals surface area contributed by atoms with Gasteiger partial charge in [-0.25, -0.2) is 4.98 Å². The van der Waals surface area contributed by atoms with Crippen LogP contribution >= 0.6 is 15.9 Å². The molecule has 3 nitrogen and oxygen atoms in total. The molecule has 0 spiro atoms. The maximum Gasteiger partial charge on any atom is 0.215 e. The summed E-state index contributed by atoms with van der Waals surface area (Å²) in [5.41, 5.74) is 3.51. The van der Waals surface area contributed by atoms with Crippen molar-refractivity contribution in [3.8, 4) is 0 Å². The van der Waals surface area contributed by atoms with E-state index in [9.17, 15) is 0 Å². The number of halogens is 1. The molecule has 0 bridgehead atoms. The Morgan fingerprint density at radius 3 is 2.71 bits per heavy atom. The van der Waals surface area contributed by atoms with Gasteiger partial charge in [-0.1, -0.05) is 35.0 Å². The molecule has 88 valence electrons. The molecule has 1 aromatic carbocycles. The first-order valence-electron chi connectivity index (χ1n) is 5.74. The zero-order chi connectivity index (χ0) is 12.0. The maximum atomic E-state index is 4.61. The lowest BCUT2D eigenvalue weighted by atomic mass is 10.3. The van der Waals surface area contributed by atoms with Gasteiger partial charge in [-0.05, 0) is 19.1 Å². The van der Waals surface area contributed by atoms with Gasteiger partial charge in [0.2, 0.25) is 5.78 Å². The van der Waals surface area contributed by atoms with Crippen LogP contribution in [0.4, 0.5) is 0 Å². The molecule has 0 aliphatic carbocycles. The second-order valence-corrected chi connectivity index (χ2v) is 6.00. The van der Waals surface area contributed by atoms with Crippen LogP contribution in [0, 0.1) is 6.92 Å². The molecule has 2 heterocycles. The molecule has 0 N–H and O–H groups in total. The number of aryl methyl sites for hydroxylation is 1. The van der Waals surface area contributed by atoms with Crippen LogP contribution in [-0.4, -0.2) is 18.8 Å². The van der Waals surface area contributed by atoms with Gasteiger partial charge >= 0.3 is 0 Å². The number of fused-ring (bicyclic) bond motifs is 3. The van der Waals surface area contributed by atoms with E-state index in [1.165, 1.54) is 11.0 Å². The molecule has 1 unspecified atom stereocenters. The van der Waals surface area contributed by atoms with Crippen LogP contribution in [0.25, 0.3) is 16.8 Å². The molecule has 4 heteroatoms. The van der Waals surface area contributed by atoms with Crippen molar-refractivity contribution < 1.29 is 0 Å². The Hall–Kier alpha value is -1.29. The van der Waals surface area contributed by atoms with Crippen molar-refractivity contribution in [3.05, 3.63) is 36.2 Å². The lowest BCUT2D eigenvalue weighted by molar-refractivity contribution is 0.734.